The van der Waals surface area contributed by atoms with Crippen molar-refractivity contribution in [3.05, 3.63) is 29.8 Å². The molecule has 1 aromatic rings. The number of rotatable bonds is 4. The van der Waals surface area contributed by atoms with Crippen molar-refractivity contribution in [3.63, 3.8) is 0 Å². The largest absolute Gasteiger partial charge is 0.479 e. The number of nitrogens with two attached hydrogens (primary N) is 1. The normalized spacial score (nSPS) is 20.6. The van der Waals surface area contributed by atoms with Crippen LogP contribution < -0.4 is 5.73 Å². The summed E-state index contributed by atoms with van der Waals surface area (Å²) in [6.07, 6.45) is 1.76. The molecule has 3 N–H and O–H groups in total. The monoisotopic (exact) mass is 237 g/mol. The van der Waals surface area contributed by atoms with Crippen LogP contribution in [0.2, 0.25) is 0 Å². The van der Waals surface area contributed by atoms with Crippen LogP contribution >= 0.6 is 0 Å². The average Bonchev–Trinajstić information content (AvgIpc) is 3.01. The van der Waals surface area contributed by atoms with Crippen molar-refractivity contribution >= 4 is 11.7 Å². The molecule has 1 fully saturated rings. The number of hydrogen-bond donors (Lipinski definition) is 2. The number of anilines is 1. The van der Waals surface area contributed by atoms with Crippen molar-refractivity contribution in [2.75, 3.05) is 5.73 Å². The highest BCUT2D eigenvalue weighted by Crippen LogP contribution is 2.49. The van der Waals surface area contributed by atoms with E-state index in [9.17, 15) is 9.18 Å². The van der Waals surface area contributed by atoms with E-state index in [0.29, 0.717) is 11.3 Å². The Morgan fingerprint density at radius 1 is 1.59 bits per heavy atom. The number of carboxylic acid groups (broad SMARTS) is 1. The SMILES string of the molecule is CC(F)(C(=O)O)[C@H](c1cccc(N)c1)C1CC1. The van der Waals surface area contributed by atoms with Gasteiger partial charge in [-0.15, -0.1) is 0 Å². The van der Waals surface area contributed by atoms with Crippen LogP contribution in [0.25, 0.3) is 0 Å². The molecule has 0 amide bonds. The van der Waals surface area contributed by atoms with Crippen LogP contribution in [0.15, 0.2) is 24.3 Å². The molecule has 1 unspecified atom stereocenters. The van der Waals surface area contributed by atoms with E-state index in [0.717, 1.165) is 19.8 Å². The van der Waals surface area contributed by atoms with E-state index in [1.54, 1.807) is 24.3 Å². The molecule has 4 heteroatoms. The number of hydrogen-bond acceptors (Lipinski definition) is 2. The molecule has 1 aliphatic rings. The van der Waals surface area contributed by atoms with Crippen molar-refractivity contribution in [2.24, 2.45) is 5.92 Å². The zero-order valence-electron chi connectivity index (χ0n) is 9.69. The van der Waals surface area contributed by atoms with E-state index in [1.165, 1.54) is 0 Å². The molecule has 0 bridgehead atoms. The number of aliphatic carboxylic acids is 1. The molecular weight excluding hydrogens is 221 g/mol. The first-order valence-electron chi connectivity index (χ1n) is 5.70. The third-order valence-corrected chi connectivity index (χ3v) is 3.37. The summed E-state index contributed by atoms with van der Waals surface area (Å²) in [7, 11) is 0. The lowest BCUT2D eigenvalue weighted by Gasteiger charge is -2.27. The van der Waals surface area contributed by atoms with Gasteiger partial charge in [0.25, 0.3) is 0 Å². The number of nitrogen functional groups attached to an aromatic ring is 1. The van der Waals surface area contributed by atoms with Crippen molar-refractivity contribution < 1.29 is 14.3 Å². The van der Waals surface area contributed by atoms with Gasteiger partial charge in [0.15, 0.2) is 0 Å². The fourth-order valence-corrected chi connectivity index (χ4v) is 2.34. The van der Waals surface area contributed by atoms with Crippen LogP contribution in [-0.4, -0.2) is 16.7 Å². The van der Waals surface area contributed by atoms with Crippen molar-refractivity contribution in [2.45, 2.75) is 31.4 Å². The molecule has 2 atom stereocenters. The average molecular weight is 237 g/mol. The van der Waals surface area contributed by atoms with Crippen LogP contribution in [0.3, 0.4) is 0 Å². The Labute approximate surface area is 99.4 Å². The zero-order chi connectivity index (χ0) is 12.6. The first-order chi connectivity index (χ1) is 7.93. The fraction of sp³-hybridized carbons (Fsp3) is 0.462. The van der Waals surface area contributed by atoms with Crippen LogP contribution in [0, 0.1) is 5.92 Å². The lowest BCUT2D eigenvalue weighted by atomic mass is 9.81. The van der Waals surface area contributed by atoms with E-state index in [2.05, 4.69) is 0 Å². The lowest BCUT2D eigenvalue weighted by molar-refractivity contribution is -0.151. The highest BCUT2D eigenvalue weighted by atomic mass is 19.1. The quantitative estimate of drug-likeness (QED) is 0.791. The molecule has 2 rings (SSSR count). The highest BCUT2D eigenvalue weighted by Gasteiger charge is 2.50. The number of benzene rings is 1. The van der Waals surface area contributed by atoms with Gasteiger partial charge in [-0.1, -0.05) is 12.1 Å². The van der Waals surface area contributed by atoms with Crippen molar-refractivity contribution in [1.29, 1.82) is 0 Å². The first-order valence-corrected chi connectivity index (χ1v) is 5.70. The molecule has 1 aliphatic carbocycles. The highest BCUT2D eigenvalue weighted by molar-refractivity contribution is 5.78. The molecule has 1 saturated carbocycles. The van der Waals surface area contributed by atoms with Crippen LogP contribution in [0.1, 0.15) is 31.2 Å². The summed E-state index contributed by atoms with van der Waals surface area (Å²) in [5, 5.41) is 9.01. The third-order valence-electron chi connectivity index (χ3n) is 3.37. The van der Waals surface area contributed by atoms with Gasteiger partial charge in [-0.2, -0.15) is 0 Å². The second kappa shape index (κ2) is 4.02. The molecule has 1 aromatic carbocycles. The fourth-order valence-electron chi connectivity index (χ4n) is 2.34. The van der Waals surface area contributed by atoms with Gasteiger partial charge in [0, 0.05) is 11.6 Å². The molecule has 0 aromatic heterocycles. The number of halogens is 1. The van der Waals surface area contributed by atoms with E-state index in [-0.39, 0.29) is 5.92 Å². The minimum Gasteiger partial charge on any atom is -0.479 e. The Balaban J connectivity index is 2.39. The summed E-state index contributed by atoms with van der Waals surface area (Å²) >= 11 is 0. The second-order valence-corrected chi connectivity index (χ2v) is 4.87. The standard InChI is InChI=1S/C13H16FNO2/c1-13(14,12(16)17)11(8-5-6-8)9-3-2-4-10(15)7-9/h2-4,7-8,11H,5-6,15H2,1H3,(H,16,17)/t11-,13?/m0/s1. The molecule has 0 radical (unpaired) electrons. The van der Waals surface area contributed by atoms with Gasteiger partial charge in [-0.3, -0.25) is 0 Å². The Morgan fingerprint density at radius 2 is 2.24 bits per heavy atom. The van der Waals surface area contributed by atoms with E-state index in [4.69, 9.17) is 10.8 Å². The minimum atomic E-state index is -2.24. The van der Waals surface area contributed by atoms with Gasteiger partial charge in [0.05, 0.1) is 0 Å². The Hall–Kier alpha value is -1.58. The second-order valence-electron chi connectivity index (χ2n) is 4.87. The molecule has 0 aliphatic heterocycles. The number of carboxylic acids is 1. The van der Waals surface area contributed by atoms with E-state index < -0.39 is 17.6 Å². The topological polar surface area (TPSA) is 63.3 Å². The molecule has 0 spiro atoms. The number of carbonyl (C=O) groups is 1. The first kappa shape index (κ1) is 11.9. The Bertz CT molecular complexity index is 441. The summed E-state index contributed by atoms with van der Waals surface area (Å²) in [5.74, 6) is -1.90. The molecule has 0 saturated heterocycles. The van der Waals surface area contributed by atoms with Gasteiger partial charge >= 0.3 is 5.97 Å². The minimum absolute atomic E-state index is 0.114. The molecule has 17 heavy (non-hydrogen) atoms. The van der Waals surface area contributed by atoms with Gasteiger partial charge in [0.1, 0.15) is 0 Å². The summed E-state index contributed by atoms with van der Waals surface area (Å²) < 4.78 is 14.3. The predicted octanol–water partition coefficient (Wildman–Crippen LogP) is 2.58. The smallest absolute Gasteiger partial charge is 0.341 e. The predicted molar refractivity (Wildman–Crippen MR) is 63.5 cm³/mol. The molecule has 0 heterocycles. The Kier molecular flexibility index (Phi) is 2.81. The number of alkyl halides is 1. The van der Waals surface area contributed by atoms with Gasteiger partial charge < -0.3 is 10.8 Å². The maximum absolute atomic E-state index is 14.3. The molecular formula is C13H16FNO2. The van der Waals surface area contributed by atoms with Crippen LogP contribution in [0.4, 0.5) is 10.1 Å². The van der Waals surface area contributed by atoms with E-state index in [1.807, 2.05) is 0 Å². The molecule has 3 nitrogen and oxygen atoms in total. The van der Waals surface area contributed by atoms with Crippen LogP contribution in [-0.2, 0) is 4.79 Å². The molecule has 92 valence electrons. The van der Waals surface area contributed by atoms with Gasteiger partial charge in [-0.25, -0.2) is 9.18 Å². The van der Waals surface area contributed by atoms with E-state index >= 15 is 0 Å². The van der Waals surface area contributed by atoms with Crippen molar-refractivity contribution in [1.82, 2.24) is 0 Å². The summed E-state index contributed by atoms with van der Waals surface area (Å²) in [5.41, 5.74) is 4.64. The summed E-state index contributed by atoms with van der Waals surface area (Å²) in [6.45, 7) is 1.14. The third kappa shape index (κ3) is 2.25. The Morgan fingerprint density at radius 3 is 2.71 bits per heavy atom. The lowest BCUT2D eigenvalue weighted by Crippen LogP contribution is -2.38. The van der Waals surface area contributed by atoms with Crippen LogP contribution in [0.5, 0.6) is 0 Å². The maximum Gasteiger partial charge on any atom is 0.341 e. The maximum atomic E-state index is 14.3. The van der Waals surface area contributed by atoms with Gasteiger partial charge in [0.2, 0.25) is 5.67 Å². The zero-order valence-corrected chi connectivity index (χ0v) is 9.69. The van der Waals surface area contributed by atoms with Crippen molar-refractivity contribution in [3.8, 4) is 0 Å². The summed E-state index contributed by atoms with van der Waals surface area (Å²) in [6, 6.07) is 6.87. The van der Waals surface area contributed by atoms with Gasteiger partial charge in [-0.05, 0) is 43.4 Å². The summed E-state index contributed by atoms with van der Waals surface area (Å²) in [4.78, 5) is 11.0.